The molecule has 5 heteroatoms. The minimum absolute atomic E-state index is 0.154. The summed E-state index contributed by atoms with van der Waals surface area (Å²) in [6.45, 7) is 1.95. The molecule has 0 aliphatic heterocycles. The molecule has 1 unspecified atom stereocenters. The average molecular weight is 266 g/mol. The number of nitrogens with one attached hydrogen (secondary N) is 1. The van der Waals surface area contributed by atoms with Crippen molar-refractivity contribution in [3.63, 3.8) is 0 Å². The molecular formula is C14H13F3N2. The van der Waals surface area contributed by atoms with Crippen LogP contribution in [0, 0.1) is 17.5 Å². The van der Waals surface area contributed by atoms with Crippen LogP contribution in [0.4, 0.5) is 13.2 Å². The first-order chi connectivity index (χ1) is 9.06. The van der Waals surface area contributed by atoms with Gasteiger partial charge in [0.25, 0.3) is 0 Å². The van der Waals surface area contributed by atoms with Gasteiger partial charge in [0.1, 0.15) is 17.5 Å². The molecule has 1 aromatic heterocycles. The highest BCUT2D eigenvalue weighted by Crippen LogP contribution is 2.15. The monoisotopic (exact) mass is 266 g/mol. The van der Waals surface area contributed by atoms with Crippen LogP contribution >= 0.6 is 0 Å². The molecule has 2 aromatic rings. The Kier molecular flexibility index (Phi) is 4.16. The maximum absolute atomic E-state index is 13.4. The van der Waals surface area contributed by atoms with E-state index in [9.17, 15) is 13.2 Å². The third-order valence-corrected chi connectivity index (χ3v) is 2.83. The molecular weight excluding hydrogens is 253 g/mol. The fourth-order valence-electron chi connectivity index (χ4n) is 1.72. The molecule has 1 atom stereocenters. The number of benzene rings is 1. The van der Waals surface area contributed by atoms with E-state index in [1.165, 1.54) is 12.3 Å². The van der Waals surface area contributed by atoms with Gasteiger partial charge in [0.05, 0.1) is 6.20 Å². The summed E-state index contributed by atoms with van der Waals surface area (Å²) in [6.07, 6.45) is 2.64. The van der Waals surface area contributed by atoms with Crippen molar-refractivity contribution in [1.29, 1.82) is 0 Å². The molecule has 0 saturated heterocycles. The summed E-state index contributed by atoms with van der Waals surface area (Å²) in [7, 11) is 0. The van der Waals surface area contributed by atoms with Gasteiger partial charge in [-0.3, -0.25) is 4.98 Å². The molecule has 19 heavy (non-hydrogen) atoms. The van der Waals surface area contributed by atoms with E-state index in [1.807, 2.05) is 0 Å². The Hall–Kier alpha value is -1.88. The van der Waals surface area contributed by atoms with Gasteiger partial charge < -0.3 is 5.32 Å². The standard InChI is InChI=1S/C14H13F3N2/c1-9(10-4-13(16)8-18-6-10)19-7-11-5-12(15)2-3-14(11)17/h2-6,8-9,19H,7H2,1H3. The molecule has 1 N–H and O–H groups in total. The molecule has 1 heterocycles. The van der Waals surface area contributed by atoms with Crippen LogP contribution < -0.4 is 5.32 Å². The first kappa shape index (κ1) is 13.5. The number of aromatic nitrogens is 1. The second-order valence-corrected chi connectivity index (χ2v) is 4.27. The van der Waals surface area contributed by atoms with Gasteiger partial charge in [-0.1, -0.05) is 0 Å². The molecule has 2 rings (SSSR count). The van der Waals surface area contributed by atoms with Gasteiger partial charge in [-0.25, -0.2) is 13.2 Å². The molecule has 0 bridgehead atoms. The smallest absolute Gasteiger partial charge is 0.141 e. The van der Waals surface area contributed by atoms with Crippen LogP contribution in [0.15, 0.2) is 36.7 Å². The highest BCUT2D eigenvalue weighted by molar-refractivity contribution is 5.19. The quantitative estimate of drug-likeness (QED) is 0.918. The van der Waals surface area contributed by atoms with Gasteiger partial charge in [-0.05, 0) is 36.8 Å². The minimum Gasteiger partial charge on any atom is -0.306 e. The summed E-state index contributed by atoms with van der Waals surface area (Å²) in [5.74, 6) is -1.39. The van der Waals surface area contributed by atoms with Gasteiger partial charge in [0.2, 0.25) is 0 Å². The lowest BCUT2D eigenvalue weighted by Gasteiger charge is -2.14. The molecule has 0 aliphatic rings. The van der Waals surface area contributed by atoms with E-state index in [2.05, 4.69) is 10.3 Å². The average Bonchev–Trinajstić information content (AvgIpc) is 2.39. The molecule has 100 valence electrons. The van der Waals surface area contributed by atoms with Crippen molar-refractivity contribution in [3.05, 3.63) is 65.2 Å². The van der Waals surface area contributed by atoms with Gasteiger partial charge >= 0.3 is 0 Å². The van der Waals surface area contributed by atoms with E-state index in [-0.39, 0.29) is 18.2 Å². The predicted octanol–water partition coefficient (Wildman–Crippen LogP) is 3.35. The molecule has 0 saturated carbocycles. The Morgan fingerprint density at radius 1 is 1.11 bits per heavy atom. The lowest BCUT2D eigenvalue weighted by molar-refractivity contribution is 0.530. The van der Waals surface area contributed by atoms with Crippen LogP contribution in [0.1, 0.15) is 24.1 Å². The van der Waals surface area contributed by atoms with Crippen molar-refractivity contribution >= 4 is 0 Å². The lowest BCUT2D eigenvalue weighted by atomic mass is 10.1. The predicted molar refractivity (Wildman–Crippen MR) is 65.8 cm³/mol. The Balaban J connectivity index is 2.04. The molecule has 0 aliphatic carbocycles. The molecule has 0 spiro atoms. The summed E-state index contributed by atoms with van der Waals surface area (Å²) in [5.41, 5.74) is 0.882. The second-order valence-electron chi connectivity index (χ2n) is 4.27. The van der Waals surface area contributed by atoms with Crippen LogP contribution in [-0.4, -0.2) is 4.98 Å². The maximum atomic E-state index is 13.4. The van der Waals surface area contributed by atoms with Crippen molar-refractivity contribution in [2.24, 2.45) is 0 Å². The largest absolute Gasteiger partial charge is 0.306 e. The normalized spacial score (nSPS) is 12.4. The Labute approximate surface area is 109 Å². The Morgan fingerprint density at radius 2 is 1.89 bits per heavy atom. The molecule has 0 radical (unpaired) electrons. The van der Waals surface area contributed by atoms with Crippen LogP contribution in [0.3, 0.4) is 0 Å². The zero-order chi connectivity index (χ0) is 13.8. The summed E-state index contributed by atoms with van der Waals surface area (Å²) >= 11 is 0. The fraction of sp³-hybridized carbons (Fsp3) is 0.214. The topological polar surface area (TPSA) is 24.9 Å². The van der Waals surface area contributed by atoms with E-state index in [1.54, 1.807) is 6.92 Å². The fourth-order valence-corrected chi connectivity index (χ4v) is 1.72. The number of nitrogens with zero attached hydrogens (tertiary/aromatic N) is 1. The third-order valence-electron chi connectivity index (χ3n) is 2.83. The lowest BCUT2D eigenvalue weighted by Crippen LogP contribution is -2.19. The second kappa shape index (κ2) is 5.84. The number of pyridine rings is 1. The molecule has 2 nitrogen and oxygen atoms in total. The van der Waals surface area contributed by atoms with Crippen LogP contribution in [0.2, 0.25) is 0 Å². The van der Waals surface area contributed by atoms with Crippen LogP contribution in [-0.2, 0) is 6.54 Å². The van der Waals surface area contributed by atoms with Gasteiger partial charge in [-0.2, -0.15) is 0 Å². The molecule has 1 aromatic carbocycles. The highest BCUT2D eigenvalue weighted by Gasteiger charge is 2.09. The van der Waals surface area contributed by atoms with E-state index in [4.69, 9.17) is 0 Å². The van der Waals surface area contributed by atoms with Gasteiger partial charge in [-0.15, -0.1) is 0 Å². The number of hydrogen-bond donors (Lipinski definition) is 1. The minimum atomic E-state index is -0.488. The van der Waals surface area contributed by atoms with Crippen molar-refractivity contribution in [1.82, 2.24) is 10.3 Å². The van der Waals surface area contributed by atoms with Gasteiger partial charge in [0.15, 0.2) is 0 Å². The number of rotatable bonds is 4. The summed E-state index contributed by atoms with van der Waals surface area (Å²) in [4.78, 5) is 3.74. The van der Waals surface area contributed by atoms with E-state index >= 15 is 0 Å². The van der Waals surface area contributed by atoms with Crippen molar-refractivity contribution in [3.8, 4) is 0 Å². The van der Waals surface area contributed by atoms with Crippen LogP contribution in [0.25, 0.3) is 0 Å². The Morgan fingerprint density at radius 3 is 2.63 bits per heavy atom. The van der Waals surface area contributed by atoms with E-state index in [0.717, 1.165) is 24.4 Å². The van der Waals surface area contributed by atoms with Crippen molar-refractivity contribution < 1.29 is 13.2 Å². The first-order valence-electron chi connectivity index (χ1n) is 5.84. The number of halogens is 3. The zero-order valence-corrected chi connectivity index (χ0v) is 10.3. The van der Waals surface area contributed by atoms with Crippen molar-refractivity contribution in [2.75, 3.05) is 0 Å². The number of hydrogen-bond acceptors (Lipinski definition) is 2. The van der Waals surface area contributed by atoms with E-state index in [0.29, 0.717) is 5.56 Å². The maximum Gasteiger partial charge on any atom is 0.141 e. The first-order valence-corrected chi connectivity index (χ1v) is 5.84. The van der Waals surface area contributed by atoms with Crippen LogP contribution in [0.5, 0.6) is 0 Å². The van der Waals surface area contributed by atoms with Crippen molar-refractivity contribution in [2.45, 2.75) is 19.5 Å². The third kappa shape index (κ3) is 3.54. The van der Waals surface area contributed by atoms with Gasteiger partial charge in [0, 0.05) is 24.3 Å². The Bertz CT molecular complexity index is 572. The molecule has 0 fully saturated rings. The SMILES string of the molecule is CC(NCc1cc(F)ccc1F)c1cncc(F)c1. The molecule has 0 amide bonds. The summed E-state index contributed by atoms with van der Waals surface area (Å²) < 4.78 is 39.4. The highest BCUT2D eigenvalue weighted by atomic mass is 19.1. The summed E-state index contributed by atoms with van der Waals surface area (Å²) in [5, 5.41) is 3.00. The zero-order valence-electron chi connectivity index (χ0n) is 10.3. The summed E-state index contributed by atoms with van der Waals surface area (Å²) in [6, 6.07) is 4.43. The van der Waals surface area contributed by atoms with E-state index < -0.39 is 17.5 Å².